The number of para-hydroxylation sites is 2. The maximum absolute atomic E-state index is 11.8. The van der Waals surface area contributed by atoms with E-state index in [4.69, 9.17) is 10.5 Å². The molecular weight excluding hydrogens is 240 g/mol. The van der Waals surface area contributed by atoms with Gasteiger partial charge in [0, 0.05) is 12.5 Å². The number of nitrogens with one attached hydrogen (secondary N) is 1. The molecule has 0 heterocycles. The first-order valence-corrected chi connectivity index (χ1v) is 6.90. The standard InChI is InChI=1S/C15H24N2O2/c1-3-11-19-14-9-5-4-8-13(14)17-15(18)10-6-7-12(2)16/h4-5,8-9,12H,3,6-7,10-11,16H2,1-2H3,(H,17,18). The molecule has 1 unspecified atom stereocenters. The van der Waals surface area contributed by atoms with Crippen molar-refractivity contribution in [3.63, 3.8) is 0 Å². The lowest BCUT2D eigenvalue weighted by atomic mass is 10.1. The van der Waals surface area contributed by atoms with E-state index in [9.17, 15) is 4.79 Å². The van der Waals surface area contributed by atoms with E-state index in [1.54, 1.807) is 0 Å². The smallest absolute Gasteiger partial charge is 0.224 e. The second-order valence-corrected chi connectivity index (χ2v) is 4.76. The minimum Gasteiger partial charge on any atom is -0.491 e. The summed E-state index contributed by atoms with van der Waals surface area (Å²) in [7, 11) is 0. The van der Waals surface area contributed by atoms with Gasteiger partial charge in [0.2, 0.25) is 5.91 Å². The van der Waals surface area contributed by atoms with Crippen LogP contribution in [0.5, 0.6) is 5.75 Å². The molecule has 0 aromatic heterocycles. The lowest BCUT2D eigenvalue weighted by Gasteiger charge is -2.12. The number of amides is 1. The van der Waals surface area contributed by atoms with Crippen LogP contribution in [0.2, 0.25) is 0 Å². The van der Waals surface area contributed by atoms with Crippen molar-refractivity contribution in [3.8, 4) is 5.75 Å². The van der Waals surface area contributed by atoms with Crippen LogP contribution in [0, 0.1) is 0 Å². The van der Waals surface area contributed by atoms with E-state index in [1.165, 1.54) is 0 Å². The number of benzene rings is 1. The summed E-state index contributed by atoms with van der Waals surface area (Å²) in [6.45, 7) is 4.65. The van der Waals surface area contributed by atoms with Gasteiger partial charge < -0.3 is 15.8 Å². The van der Waals surface area contributed by atoms with Crippen molar-refractivity contribution in [2.75, 3.05) is 11.9 Å². The van der Waals surface area contributed by atoms with Gasteiger partial charge in [-0.1, -0.05) is 19.1 Å². The van der Waals surface area contributed by atoms with Gasteiger partial charge in [0.15, 0.2) is 0 Å². The Morgan fingerprint density at radius 2 is 2.16 bits per heavy atom. The SMILES string of the molecule is CCCOc1ccccc1NC(=O)CCCC(C)N. The number of nitrogens with two attached hydrogens (primary N) is 1. The van der Waals surface area contributed by atoms with Crippen LogP contribution in [0.15, 0.2) is 24.3 Å². The predicted octanol–water partition coefficient (Wildman–Crippen LogP) is 2.93. The average molecular weight is 264 g/mol. The Hall–Kier alpha value is -1.55. The topological polar surface area (TPSA) is 64.3 Å². The van der Waals surface area contributed by atoms with Crippen molar-refractivity contribution < 1.29 is 9.53 Å². The van der Waals surface area contributed by atoms with E-state index in [0.717, 1.165) is 30.7 Å². The van der Waals surface area contributed by atoms with E-state index >= 15 is 0 Å². The lowest BCUT2D eigenvalue weighted by molar-refractivity contribution is -0.116. The summed E-state index contributed by atoms with van der Waals surface area (Å²) >= 11 is 0. The minimum atomic E-state index is 0.00759. The zero-order valence-corrected chi connectivity index (χ0v) is 11.8. The summed E-state index contributed by atoms with van der Waals surface area (Å²) in [6, 6.07) is 7.66. The molecule has 0 aliphatic carbocycles. The van der Waals surface area contributed by atoms with Gasteiger partial charge in [-0.05, 0) is 38.3 Å². The zero-order valence-electron chi connectivity index (χ0n) is 11.8. The highest BCUT2D eigenvalue weighted by Gasteiger charge is 2.07. The third kappa shape index (κ3) is 6.25. The van der Waals surface area contributed by atoms with Crippen LogP contribution in [0.3, 0.4) is 0 Å². The summed E-state index contributed by atoms with van der Waals surface area (Å²) in [5.41, 5.74) is 6.40. The molecule has 1 aromatic carbocycles. The van der Waals surface area contributed by atoms with Crippen LogP contribution in [-0.2, 0) is 4.79 Å². The van der Waals surface area contributed by atoms with Crippen LogP contribution in [0.25, 0.3) is 0 Å². The second kappa shape index (κ2) is 8.53. The highest BCUT2D eigenvalue weighted by molar-refractivity contribution is 5.92. The Morgan fingerprint density at radius 3 is 2.84 bits per heavy atom. The molecule has 0 aliphatic heterocycles. The molecule has 0 spiro atoms. The van der Waals surface area contributed by atoms with Gasteiger partial charge >= 0.3 is 0 Å². The number of carbonyl (C=O) groups is 1. The number of ether oxygens (including phenoxy) is 1. The van der Waals surface area contributed by atoms with E-state index < -0.39 is 0 Å². The number of carbonyl (C=O) groups excluding carboxylic acids is 1. The maximum Gasteiger partial charge on any atom is 0.224 e. The Balaban J connectivity index is 2.48. The number of anilines is 1. The van der Waals surface area contributed by atoms with Gasteiger partial charge in [-0.25, -0.2) is 0 Å². The number of rotatable bonds is 8. The molecule has 106 valence electrons. The van der Waals surface area contributed by atoms with Crippen molar-refractivity contribution in [1.29, 1.82) is 0 Å². The highest BCUT2D eigenvalue weighted by atomic mass is 16.5. The fourth-order valence-corrected chi connectivity index (χ4v) is 1.71. The van der Waals surface area contributed by atoms with Crippen LogP contribution in [0.1, 0.15) is 39.5 Å². The Morgan fingerprint density at radius 1 is 1.42 bits per heavy atom. The lowest BCUT2D eigenvalue weighted by Crippen LogP contribution is -2.17. The van der Waals surface area contributed by atoms with Gasteiger partial charge in [-0.2, -0.15) is 0 Å². The molecule has 0 saturated heterocycles. The Kier molecular flexibility index (Phi) is 6.97. The van der Waals surface area contributed by atoms with Gasteiger partial charge in [0.25, 0.3) is 0 Å². The molecule has 0 radical (unpaired) electrons. The molecule has 4 heteroatoms. The number of hydrogen-bond acceptors (Lipinski definition) is 3. The van der Waals surface area contributed by atoms with Gasteiger partial charge in [-0.3, -0.25) is 4.79 Å². The number of hydrogen-bond donors (Lipinski definition) is 2. The second-order valence-electron chi connectivity index (χ2n) is 4.76. The van der Waals surface area contributed by atoms with Crippen LogP contribution in [-0.4, -0.2) is 18.6 Å². The molecule has 0 aliphatic rings. The summed E-state index contributed by atoms with van der Waals surface area (Å²) in [6.07, 6.45) is 3.10. The molecule has 19 heavy (non-hydrogen) atoms. The molecule has 1 amide bonds. The Bertz CT molecular complexity index is 391. The fraction of sp³-hybridized carbons (Fsp3) is 0.533. The quantitative estimate of drug-likeness (QED) is 0.758. The third-order valence-corrected chi connectivity index (χ3v) is 2.69. The molecular formula is C15H24N2O2. The molecule has 1 rings (SSSR count). The van der Waals surface area contributed by atoms with Crippen LogP contribution in [0.4, 0.5) is 5.69 Å². The fourth-order valence-electron chi connectivity index (χ4n) is 1.71. The average Bonchev–Trinajstić information content (AvgIpc) is 2.37. The predicted molar refractivity (Wildman–Crippen MR) is 78.4 cm³/mol. The summed E-state index contributed by atoms with van der Waals surface area (Å²) < 4.78 is 5.60. The van der Waals surface area contributed by atoms with E-state index in [1.807, 2.05) is 31.2 Å². The normalized spacial score (nSPS) is 11.9. The van der Waals surface area contributed by atoms with Crippen molar-refractivity contribution >= 4 is 11.6 Å². The first kappa shape index (κ1) is 15.5. The minimum absolute atomic E-state index is 0.00759. The van der Waals surface area contributed by atoms with Gasteiger partial charge in [-0.15, -0.1) is 0 Å². The van der Waals surface area contributed by atoms with Crippen molar-refractivity contribution in [2.45, 2.75) is 45.6 Å². The molecule has 3 N–H and O–H groups in total. The van der Waals surface area contributed by atoms with E-state index in [0.29, 0.717) is 13.0 Å². The largest absolute Gasteiger partial charge is 0.491 e. The first-order chi connectivity index (χ1) is 9.13. The molecule has 1 aromatic rings. The first-order valence-electron chi connectivity index (χ1n) is 6.90. The van der Waals surface area contributed by atoms with Crippen molar-refractivity contribution in [3.05, 3.63) is 24.3 Å². The maximum atomic E-state index is 11.8. The summed E-state index contributed by atoms with van der Waals surface area (Å²) in [5.74, 6) is 0.734. The molecule has 0 saturated carbocycles. The van der Waals surface area contributed by atoms with Crippen LogP contribution < -0.4 is 15.8 Å². The summed E-state index contributed by atoms with van der Waals surface area (Å²) in [5, 5.41) is 2.89. The molecule has 1 atom stereocenters. The van der Waals surface area contributed by atoms with Crippen molar-refractivity contribution in [1.82, 2.24) is 0 Å². The van der Waals surface area contributed by atoms with Crippen LogP contribution >= 0.6 is 0 Å². The zero-order chi connectivity index (χ0) is 14.1. The molecule has 0 bridgehead atoms. The molecule has 4 nitrogen and oxygen atoms in total. The summed E-state index contributed by atoms with van der Waals surface area (Å²) in [4.78, 5) is 11.8. The molecule has 0 fully saturated rings. The highest BCUT2D eigenvalue weighted by Crippen LogP contribution is 2.24. The van der Waals surface area contributed by atoms with Crippen molar-refractivity contribution in [2.24, 2.45) is 5.73 Å². The van der Waals surface area contributed by atoms with Gasteiger partial charge in [0.1, 0.15) is 5.75 Å². The van der Waals surface area contributed by atoms with E-state index in [-0.39, 0.29) is 11.9 Å². The monoisotopic (exact) mass is 264 g/mol. The Labute approximate surface area is 115 Å². The van der Waals surface area contributed by atoms with E-state index in [2.05, 4.69) is 12.2 Å². The third-order valence-electron chi connectivity index (χ3n) is 2.69. The van der Waals surface area contributed by atoms with Gasteiger partial charge in [0.05, 0.1) is 12.3 Å².